The van der Waals surface area contributed by atoms with Crippen LogP contribution in [0.25, 0.3) is 0 Å². The first-order chi connectivity index (χ1) is 10.6. The monoisotopic (exact) mass is 370 g/mol. The maximum Gasteiger partial charge on any atom is 0.306 e. The Morgan fingerprint density at radius 1 is 1.32 bits per heavy atom. The SMILES string of the molecule is CCOC(=O)CCc1cc(Br)c(OC2CCCC2)c(OC)c1. The maximum absolute atomic E-state index is 11.5. The number of halogens is 1. The van der Waals surface area contributed by atoms with Crippen molar-refractivity contribution in [1.29, 1.82) is 0 Å². The second kappa shape index (κ2) is 8.42. The summed E-state index contributed by atoms with van der Waals surface area (Å²) < 4.78 is 17.4. The zero-order chi connectivity index (χ0) is 15.9. The number of ether oxygens (including phenoxy) is 3. The lowest BCUT2D eigenvalue weighted by Crippen LogP contribution is -2.12. The number of hydrogen-bond acceptors (Lipinski definition) is 4. The molecule has 2 rings (SSSR count). The Labute approximate surface area is 140 Å². The third-order valence-corrected chi connectivity index (χ3v) is 4.39. The van der Waals surface area contributed by atoms with E-state index in [4.69, 9.17) is 14.2 Å². The van der Waals surface area contributed by atoms with Crippen LogP contribution >= 0.6 is 15.9 Å². The van der Waals surface area contributed by atoms with E-state index in [9.17, 15) is 4.79 Å². The molecule has 1 aliphatic rings. The highest BCUT2D eigenvalue weighted by Gasteiger charge is 2.20. The number of carbonyl (C=O) groups is 1. The summed E-state index contributed by atoms with van der Waals surface area (Å²) in [7, 11) is 1.64. The topological polar surface area (TPSA) is 44.8 Å². The van der Waals surface area contributed by atoms with Gasteiger partial charge in [0.05, 0.1) is 24.3 Å². The molecule has 1 aromatic carbocycles. The van der Waals surface area contributed by atoms with Gasteiger partial charge in [0.2, 0.25) is 0 Å². The molecule has 4 nitrogen and oxygen atoms in total. The molecule has 0 spiro atoms. The molecule has 0 aromatic heterocycles. The van der Waals surface area contributed by atoms with E-state index in [0.29, 0.717) is 25.2 Å². The van der Waals surface area contributed by atoms with Crippen LogP contribution in [0.5, 0.6) is 11.5 Å². The summed E-state index contributed by atoms with van der Waals surface area (Å²) in [5.74, 6) is 1.29. The lowest BCUT2D eigenvalue weighted by Gasteiger charge is -2.18. The molecule has 0 radical (unpaired) electrons. The molecule has 0 unspecified atom stereocenters. The van der Waals surface area contributed by atoms with Crippen LogP contribution in [0.15, 0.2) is 16.6 Å². The normalized spacial score (nSPS) is 14.9. The summed E-state index contributed by atoms with van der Waals surface area (Å²) in [6.45, 7) is 2.23. The molecule has 0 amide bonds. The Balaban J connectivity index is 2.07. The molecule has 0 N–H and O–H groups in total. The highest BCUT2D eigenvalue weighted by Crippen LogP contribution is 2.39. The molecule has 1 fully saturated rings. The van der Waals surface area contributed by atoms with Gasteiger partial charge in [0.15, 0.2) is 11.5 Å². The van der Waals surface area contributed by atoms with Gasteiger partial charge < -0.3 is 14.2 Å². The van der Waals surface area contributed by atoms with Crippen LogP contribution in [0.4, 0.5) is 0 Å². The number of aryl methyl sites for hydroxylation is 1. The fraction of sp³-hybridized carbons (Fsp3) is 0.588. The molecule has 0 atom stereocenters. The van der Waals surface area contributed by atoms with Crippen LogP contribution in [0, 0.1) is 0 Å². The fourth-order valence-corrected chi connectivity index (χ4v) is 3.27. The van der Waals surface area contributed by atoms with E-state index in [1.54, 1.807) is 7.11 Å². The average molecular weight is 371 g/mol. The number of benzene rings is 1. The van der Waals surface area contributed by atoms with Gasteiger partial charge in [0.1, 0.15) is 0 Å². The molecule has 0 bridgehead atoms. The van der Waals surface area contributed by atoms with Gasteiger partial charge in [-0.3, -0.25) is 4.79 Å². The van der Waals surface area contributed by atoms with Crippen molar-refractivity contribution >= 4 is 21.9 Å². The summed E-state index contributed by atoms with van der Waals surface area (Å²) >= 11 is 3.56. The highest BCUT2D eigenvalue weighted by molar-refractivity contribution is 9.10. The zero-order valence-corrected chi connectivity index (χ0v) is 14.8. The number of carbonyl (C=O) groups excluding carboxylic acids is 1. The molecule has 1 saturated carbocycles. The molecular weight excluding hydrogens is 348 g/mol. The van der Waals surface area contributed by atoms with Crippen molar-refractivity contribution in [1.82, 2.24) is 0 Å². The summed E-state index contributed by atoms with van der Waals surface area (Å²) in [6.07, 6.45) is 5.91. The van der Waals surface area contributed by atoms with Crippen LogP contribution in [-0.4, -0.2) is 25.8 Å². The molecule has 0 saturated heterocycles. The van der Waals surface area contributed by atoms with Crippen molar-refractivity contribution in [2.75, 3.05) is 13.7 Å². The molecule has 0 heterocycles. The van der Waals surface area contributed by atoms with Gasteiger partial charge in [0.25, 0.3) is 0 Å². The molecule has 5 heteroatoms. The number of hydrogen-bond donors (Lipinski definition) is 0. The minimum atomic E-state index is -0.177. The van der Waals surface area contributed by atoms with E-state index in [-0.39, 0.29) is 12.1 Å². The minimum Gasteiger partial charge on any atom is -0.493 e. The van der Waals surface area contributed by atoms with Gasteiger partial charge in [-0.2, -0.15) is 0 Å². The predicted molar refractivity (Wildman–Crippen MR) is 88.5 cm³/mol. The van der Waals surface area contributed by atoms with E-state index < -0.39 is 0 Å². The van der Waals surface area contributed by atoms with Gasteiger partial charge in [-0.15, -0.1) is 0 Å². The van der Waals surface area contributed by atoms with E-state index in [2.05, 4.69) is 15.9 Å². The smallest absolute Gasteiger partial charge is 0.306 e. The van der Waals surface area contributed by atoms with Crippen molar-refractivity contribution in [3.8, 4) is 11.5 Å². The average Bonchev–Trinajstić information content (AvgIpc) is 3.00. The molecule has 1 aliphatic carbocycles. The van der Waals surface area contributed by atoms with Crippen molar-refractivity contribution in [3.05, 3.63) is 22.2 Å². The summed E-state index contributed by atoms with van der Waals surface area (Å²) in [5, 5.41) is 0. The van der Waals surface area contributed by atoms with Gasteiger partial charge in [-0.1, -0.05) is 0 Å². The lowest BCUT2D eigenvalue weighted by molar-refractivity contribution is -0.143. The molecule has 1 aromatic rings. The van der Waals surface area contributed by atoms with E-state index in [0.717, 1.165) is 28.6 Å². The van der Waals surface area contributed by atoms with E-state index >= 15 is 0 Å². The maximum atomic E-state index is 11.5. The molecule has 22 heavy (non-hydrogen) atoms. The Morgan fingerprint density at radius 2 is 2.05 bits per heavy atom. The first-order valence-electron chi connectivity index (χ1n) is 7.82. The second-order valence-corrected chi connectivity index (χ2v) is 6.29. The van der Waals surface area contributed by atoms with E-state index in [1.807, 2.05) is 19.1 Å². The van der Waals surface area contributed by atoms with Crippen LogP contribution in [0.3, 0.4) is 0 Å². The third-order valence-electron chi connectivity index (χ3n) is 3.80. The standard InChI is InChI=1S/C17H23BrO4/c1-3-21-16(19)9-8-12-10-14(18)17(15(11-12)20-2)22-13-6-4-5-7-13/h10-11,13H,3-9H2,1-2H3. The lowest BCUT2D eigenvalue weighted by atomic mass is 10.1. The van der Waals surface area contributed by atoms with E-state index in [1.165, 1.54) is 12.8 Å². The first-order valence-corrected chi connectivity index (χ1v) is 8.62. The Bertz CT molecular complexity index is 510. The van der Waals surface area contributed by atoms with Gasteiger partial charge in [-0.25, -0.2) is 0 Å². The van der Waals surface area contributed by atoms with Crippen LogP contribution in [0.1, 0.15) is 44.6 Å². The van der Waals surface area contributed by atoms with Crippen molar-refractivity contribution in [2.45, 2.75) is 51.6 Å². The predicted octanol–water partition coefficient (Wildman–Crippen LogP) is 4.27. The Hall–Kier alpha value is -1.23. The van der Waals surface area contributed by atoms with Crippen LogP contribution in [0.2, 0.25) is 0 Å². The van der Waals surface area contributed by atoms with Crippen LogP contribution < -0.4 is 9.47 Å². The Morgan fingerprint density at radius 3 is 2.68 bits per heavy atom. The highest BCUT2D eigenvalue weighted by atomic mass is 79.9. The fourth-order valence-electron chi connectivity index (χ4n) is 2.68. The van der Waals surface area contributed by atoms with Crippen LogP contribution in [-0.2, 0) is 16.0 Å². The summed E-state index contributed by atoms with van der Waals surface area (Å²) in [4.78, 5) is 11.5. The number of esters is 1. The van der Waals surface area contributed by atoms with Crippen molar-refractivity contribution in [3.63, 3.8) is 0 Å². The Kier molecular flexibility index (Phi) is 6.55. The largest absolute Gasteiger partial charge is 0.493 e. The summed E-state index contributed by atoms with van der Waals surface area (Å²) in [6, 6.07) is 3.93. The van der Waals surface area contributed by atoms with Crippen molar-refractivity contribution < 1.29 is 19.0 Å². The first kappa shape index (κ1) is 17.1. The zero-order valence-electron chi connectivity index (χ0n) is 13.2. The van der Waals surface area contributed by atoms with Gasteiger partial charge in [0, 0.05) is 6.42 Å². The molecule has 0 aliphatic heterocycles. The molecule has 122 valence electrons. The minimum absolute atomic E-state index is 0.177. The number of rotatable bonds is 7. The molecular formula is C17H23BrO4. The summed E-state index contributed by atoms with van der Waals surface area (Å²) in [5.41, 5.74) is 1.02. The van der Waals surface area contributed by atoms with Gasteiger partial charge in [-0.05, 0) is 72.7 Å². The van der Waals surface area contributed by atoms with Gasteiger partial charge >= 0.3 is 5.97 Å². The van der Waals surface area contributed by atoms with Crippen molar-refractivity contribution in [2.24, 2.45) is 0 Å². The quantitative estimate of drug-likeness (QED) is 0.672. The third kappa shape index (κ3) is 4.63. The second-order valence-electron chi connectivity index (χ2n) is 5.44. The number of methoxy groups -OCH3 is 1.